The molecule has 2 aromatic heterocycles. The van der Waals surface area contributed by atoms with Gasteiger partial charge < -0.3 is 9.47 Å². The maximum Gasteiger partial charge on any atom is 0.416 e. The zero-order chi connectivity index (χ0) is 19.7. The van der Waals surface area contributed by atoms with Crippen LogP contribution in [0.5, 0.6) is 17.4 Å². The van der Waals surface area contributed by atoms with Crippen molar-refractivity contribution in [2.75, 3.05) is 7.11 Å². The third kappa shape index (κ3) is 3.34. The summed E-state index contributed by atoms with van der Waals surface area (Å²) in [6.07, 6.45) is -4.46. The Kier molecular flexibility index (Phi) is 4.34. The molecule has 0 unspecified atom stereocenters. The number of para-hydroxylation sites is 1. The molecule has 9 heteroatoms. The van der Waals surface area contributed by atoms with E-state index in [1.807, 2.05) is 12.1 Å². The average molecular weight is 386 g/mol. The second kappa shape index (κ2) is 6.84. The summed E-state index contributed by atoms with van der Waals surface area (Å²) in [4.78, 5) is 0. The average Bonchev–Trinajstić information content (AvgIpc) is 3.10. The number of ether oxygens (including phenoxy) is 2. The molecule has 0 amide bonds. The minimum Gasteiger partial charge on any atom is -0.496 e. The van der Waals surface area contributed by atoms with Gasteiger partial charge in [0.15, 0.2) is 11.5 Å². The van der Waals surface area contributed by atoms with Crippen molar-refractivity contribution in [1.82, 2.24) is 19.8 Å². The first-order valence-electron chi connectivity index (χ1n) is 8.17. The lowest BCUT2D eigenvalue weighted by atomic mass is 10.2. The van der Waals surface area contributed by atoms with Crippen molar-refractivity contribution in [1.29, 1.82) is 0 Å². The molecular formula is C19H13F3N4O2. The maximum absolute atomic E-state index is 12.9. The lowest BCUT2D eigenvalue weighted by Crippen LogP contribution is -2.04. The van der Waals surface area contributed by atoms with Gasteiger partial charge in [-0.3, -0.25) is 0 Å². The van der Waals surface area contributed by atoms with E-state index in [2.05, 4.69) is 15.3 Å². The summed E-state index contributed by atoms with van der Waals surface area (Å²) < 4.78 is 51.0. The van der Waals surface area contributed by atoms with Crippen LogP contribution >= 0.6 is 0 Å². The molecule has 0 aliphatic rings. The van der Waals surface area contributed by atoms with Crippen LogP contribution in [0.1, 0.15) is 5.56 Å². The Bertz CT molecular complexity index is 1140. The molecule has 0 fully saturated rings. The number of hydrogen-bond acceptors (Lipinski definition) is 5. The summed E-state index contributed by atoms with van der Waals surface area (Å²) in [5.74, 6) is 1.13. The van der Waals surface area contributed by atoms with E-state index in [1.54, 1.807) is 18.2 Å². The van der Waals surface area contributed by atoms with E-state index in [-0.39, 0.29) is 11.6 Å². The first-order valence-corrected chi connectivity index (χ1v) is 8.17. The van der Waals surface area contributed by atoms with Crippen LogP contribution in [0.25, 0.3) is 17.0 Å². The lowest BCUT2D eigenvalue weighted by Gasteiger charge is -2.10. The zero-order valence-electron chi connectivity index (χ0n) is 14.5. The van der Waals surface area contributed by atoms with Crippen molar-refractivity contribution in [3.05, 3.63) is 66.2 Å². The summed E-state index contributed by atoms with van der Waals surface area (Å²) in [5.41, 5.74) is 0.323. The first kappa shape index (κ1) is 17.8. The number of fused-ring (bicyclic) bond motifs is 1. The van der Waals surface area contributed by atoms with Gasteiger partial charge in [0.2, 0.25) is 5.88 Å². The molecule has 28 heavy (non-hydrogen) atoms. The SMILES string of the molecule is COc1ccccc1-c1nnc2ccc(Oc3cccc(C(F)(F)F)c3)nn12. The van der Waals surface area contributed by atoms with Crippen LogP contribution in [0.4, 0.5) is 13.2 Å². The molecule has 0 atom stereocenters. The smallest absolute Gasteiger partial charge is 0.416 e. The van der Waals surface area contributed by atoms with E-state index in [1.165, 1.54) is 29.8 Å². The van der Waals surface area contributed by atoms with Crippen molar-refractivity contribution < 1.29 is 22.6 Å². The fourth-order valence-electron chi connectivity index (χ4n) is 2.68. The van der Waals surface area contributed by atoms with Crippen molar-refractivity contribution in [3.63, 3.8) is 0 Å². The van der Waals surface area contributed by atoms with E-state index < -0.39 is 11.7 Å². The molecule has 0 N–H and O–H groups in total. The van der Waals surface area contributed by atoms with Gasteiger partial charge in [0, 0.05) is 6.07 Å². The maximum atomic E-state index is 12.9. The number of nitrogens with zero attached hydrogens (tertiary/aromatic N) is 4. The Morgan fingerprint density at radius 1 is 0.929 bits per heavy atom. The molecule has 2 heterocycles. The molecule has 0 spiro atoms. The molecule has 0 aliphatic carbocycles. The summed E-state index contributed by atoms with van der Waals surface area (Å²) in [7, 11) is 1.54. The molecule has 0 aliphatic heterocycles. The fraction of sp³-hybridized carbons (Fsp3) is 0.105. The fourth-order valence-corrected chi connectivity index (χ4v) is 2.68. The second-order valence-corrected chi connectivity index (χ2v) is 5.79. The predicted molar refractivity (Wildman–Crippen MR) is 94.3 cm³/mol. The third-order valence-electron chi connectivity index (χ3n) is 3.97. The molecule has 0 saturated carbocycles. The molecule has 2 aromatic carbocycles. The minimum atomic E-state index is -4.46. The van der Waals surface area contributed by atoms with Crippen LogP contribution in [0.15, 0.2) is 60.7 Å². The van der Waals surface area contributed by atoms with Crippen LogP contribution < -0.4 is 9.47 Å². The van der Waals surface area contributed by atoms with Crippen LogP contribution in [0, 0.1) is 0 Å². The van der Waals surface area contributed by atoms with Crippen molar-refractivity contribution in [2.24, 2.45) is 0 Å². The van der Waals surface area contributed by atoms with Gasteiger partial charge in [0.05, 0.1) is 18.2 Å². The van der Waals surface area contributed by atoms with E-state index >= 15 is 0 Å². The number of benzene rings is 2. The number of aromatic nitrogens is 4. The molecular weight excluding hydrogens is 373 g/mol. The number of halogens is 3. The molecule has 4 rings (SSSR count). The largest absolute Gasteiger partial charge is 0.496 e. The molecule has 0 bridgehead atoms. The highest BCUT2D eigenvalue weighted by molar-refractivity contribution is 5.66. The number of hydrogen-bond donors (Lipinski definition) is 0. The predicted octanol–water partition coefficient (Wildman–Crippen LogP) is 4.61. The van der Waals surface area contributed by atoms with Crippen LogP contribution in [0.3, 0.4) is 0 Å². The number of methoxy groups -OCH3 is 1. The number of alkyl halides is 3. The monoisotopic (exact) mass is 386 g/mol. The Balaban J connectivity index is 1.73. The summed E-state index contributed by atoms with van der Waals surface area (Å²) in [6, 6.07) is 14.9. The molecule has 142 valence electrons. The van der Waals surface area contributed by atoms with Crippen molar-refractivity contribution >= 4 is 5.65 Å². The van der Waals surface area contributed by atoms with Gasteiger partial charge in [-0.2, -0.15) is 17.7 Å². The van der Waals surface area contributed by atoms with Gasteiger partial charge in [0.25, 0.3) is 0 Å². The van der Waals surface area contributed by atoms with Gasteiger partial charge in [-0.25, -0.2) is 0 Å². The van der Waals surface area contributed by atoms with Gasteiger partial charge in [-0.05, 0) is 36.4 Å². The Morgan fingerprint density at radius 3 is 2.54 bits per heavy atom. The summed E-state index contributed by atoms with van der Waals surface area (Å²) in [5, 5.41) is 12.5. The van der Waals surface area contributed by atoms with Crippen molar-refractivity contribution in [2.45, 2.75) is 6.18 Å². The normalized spacial score (nSPS) is 11.6. The van der Waals surface area contributed by atoms with Crippen LogP contribution in [0.2, 0.25) is 0 Å². The van der Waals surface area contributed by atoms with Crippen molar-refractivity contribution in [3.8, 4) is 28.8 Å². The molecule has 6 nitrogen and oxygen atoms in total. The Labute approximate surface area is 157 Å². The highest BCUT2D eigenvalue weighted by atomic mass is 19.4. The quantitative estimate of drug-likeness (QED) is 0.513. The van der Waals surface area contributed by atoms with Gasteiger partial charge in [-0.15, -0.1) is 15.3 Å². The molecule has 4 aromatic rings. The highest BCUT2D eigenvalue weighted by Crippen LogP contribution is 2.33. The van der Waals surface area contributed by atoms with Crippen LogP contribution in [-0.4, -0.2) is 26.9 Å². The topological polar surface area (TPSA) is 61.5 Å². The van der Waals surface area contributed by atoms with Gasteiger partial charge >= 0.3 is 6.18 Å². The van der Waals surface area contributed by atoms with Gasteiger partial charge in [-0.1, -0.05) is 18.2 Å². The van der Waals surface area contributed by atoms with E-state index in [9.17, 15) is 13.2 Å². The molecule has 0 saturated heterocycles. The lowest BCUT2D eigenvalue weighted by molar-refractivity contribution is -0.137. The summed E-state index contributed by atoms with van der Waals surface area (Å²) in [6.45, 7) is 0. The second-order valence-electron chi connectivity index (χ2n) is 5.79. The van der Waals surface area contributed by atoms with E-state index in [0.29, 0.717) is 22.8 Å². The van der Waals surface area contributed by atoms with E-state index in [4.69, 9.17) is 9.47 Å². The van der Waals surface area contributed by atoms with Gasteiger partial charge in [0.1, 0.15) is 11.5 Å². The Hall–Kier alpha value is -3.62. The van der Waals surface area contributed by atoms with Crippen LogP contribution in [-0.2, 0) is 6.18 Å². The molecule has 0 radical (unpaired) electrons. The standard InChI is InChI=1S/C19H13F3N4O2/c1-27-15-8-3-2-7-14(15)18-24-23-16-9-10-17(25-26(16)18)28-13-6-4-5-12(11-13)19(20,21)22/h2-11H,1H3. The summed E-state index contributed by atoms with van der Waals surface area (Å²) >= 11 is 0. The zero-order valence-corrected chi connectivity index (χ0v) is 14.5. The first-order chi connectivity index (χ1) is 13.5. The minimum absolute atomic E-state index is 0.0218. The van der Waals surface area contributed by atoms with E-state index in [0.717, 1.165) is 12.1 Å². The number of rotatable bonds is 4. The third-order valence-corrected chi connectivity index (χ3v) is 3.97. The highest BCUT2D eigenvalue weighted by Gasteiger charge is 2.30. The Morgan fingerprint density at radius 2 is 1.75 bits per heavy atom.